The molecule has 180 valence electrons. The van der Waals surface area contributed by atoms with Crippen LogP contribution in [0.3, 0.4) is 0 Å². The lowest BCUT2D eigenvalue weighted by atomic mass is 9.46. The van der Waals surface area contributed by atoms with E-state index in [1.807, 2.05) is 25.9 Å². The van der Waals surface area contributed by atoms with E-state index in [4.69, 9.17) is 4.84 Å². The minimum atomic E-state index is -1.06. The number of rotatable bonds is 5. The average molecular weight is 449 g/mol. The molecule has 0 aromatic carbocycles. The Morgan fingerprint density at radius 3 is 2.59 bits per heavy atom. The second-order valence-electron chi connectivity index (χ2n) is 11.5. The molecule has 7 heteroatoms. The monoisotopic (exact) mass is 448 g/mol. The van der Waals surface area contributed by atoms with E-state index in [0.717, 1.165) is 37.1 Å². The van der Waals surface area contributed by atoms with Crippen LogP contribution in [0.1, 0.15) is 59.3 Å². The molecule has 0 amide bonds. The van der Waals surface area contributed by atoms with Crippen LogP contribution in [0, 0.1) is 28.6 Å². The van der Waals surface area contributed by atoms with Crippen molar-refractivity contribution in [3.63, 3.8) is 0 Å². The minimum Gasteiger partial charge on any atom is -0.394 e. The van der Waals surface area contributed by atoms with Crippen LogP contribution >= 0.6 is 0 Å². The number of likely N-dealkylation sites (N-methyl/N-ethyl adjacent to an activating group) is 1. The lowest BCUT2D eigenvalue weighted by Gasteiger charge is -2.59. The molecule has 1 unspecified atom stereocenters. The molecule has 0 saturated heterocycles. The van der Waals surface area contributed by atoms with Crippen molar-refractivity contribution in [3.8, 4) is 0 Å². The summed E-state index contributed by atoms with van der Waals surface area (Å²) in [6.45, 7) is 7.51. The summed E-state index contributed by atoms with van der Waals surface area (Å²) in [6, 6.07) is 0. The summed E-state index contributed by atoms with van der Waals surface area (Å²) in [5, 5.41) is 37.2. The van der Waals surface area contributed by atoms with Crippen molar-refractivity contribution in [2.24, 2.45) is 33.7 Å². The Morgan fingerprint density at radius 1 is 1.19 bits per heavy atom. The third-order valence-electron chi connectivity index (χ3n) is 9.46. The van der Waals surface area contributed by atoms with Gasteiger partial charge in [-0.25, -0.2) is 0 Å². The van der Waals surface area contributed by atoms with Crippen molar-refractivity contribution < 1.29 is 25.0 Å². The van der Waals surface area contributed by atoms with Gasteiger partial charge in [-0.2, -0.15) is 0 Å². The molecule has 0 radical (unpaired) electrons. The van der Waals surface area contributed by atoms with Crippen LogP contribution in [0.5, 0.6) is 0 Å². The maximum atomic E-state index is 13.2. The van der Waals surface area contributed by atoms with Gasteiger partial charge in [0.25, 0.3) is 0 Å². The van der Waals surface area contributed by atoms with Gasteiger partial charge in [0.1, 0.15) is 6.61 Å². The summed E-state index contributed by atoms with van der Waals surface area (Å²) >= 11 is 0. The maximum Gasteiger partial charge on any atom is 0.159 e. The molecule has 4 aliphatic carbocycles. The maximum absolute atomic E-state index is 13.2. The Labute approximate surface area is 191 Å². The number of nitrogens with zero attached hydrogens (tertiary/aromatic N) is 2. The first-order chi connectivity index (χ1) is 14.9. The number of aliphatic hydroxyl groups excluding tert-OH is 2. The topological polar surface area (TPSA) is 103 Å². The zero-order valence-electron chi connectivity index (χ0n) is 20.2. The van der Waals surface area contributed by atoms with E-state index in [1.54, 1.807) is 6.08 Å². The number of oxime groups is 1. The fourth-order valence-corrected chi connectivity index (χ4v) is 7.47. The van der Waals surface area contributed by atoms with Crippen LogP contribution in [0.25, 0.3) is 0 Å². The molecule has 8 atom stereocenters. The molecule has 0 aromatic rings. The molecule has 3 N–H and O–H groups in total. The van der Waals surface area contributed by atoms with Gasteiger partial charge in [-0.05, 0) is 82.5 Å². The number of carbonyl (C=O) groups excluding carboxylic acids is 1. The van der Waals surface area contributed by atoms with Gasteiger partial charge in [0, 0.05) is 23.8 Å². The second-order valence-corrected chi connectivity index (χ2v) is 11.5. The predicted molar refractivity (Wildman–Crippen MR) is 122 cm³/mol. The molecule has 4 aliphatic rings. The van der Waals surface area contributed by atoms with Gasteiger partial charge in [-0.15, -0.1) is 0 Å². The first kappa shape index (κ1) is 23.9. The molecule has 0 spiro atoms. The van der Waals surface area contributed by atoms with Crippen molar-refractivity contribution in [1.82, 2.24) is 4.90 Å². The standard InChI is InChI=1S/C25H40N2O5/c1-15(26-32-11-10-27(4)5)16-7-9-25(31)18-12-20(28)19-13-21(29)22(30)14-23(19,2)17(18)6-8-24(16,25)3/h12,16-17,19,21-22,29-31H,6-11,13-14H2,1-5H3/b26-15-/t16-,17?,19+,21-,22+,23-,24-,25-/m1/s1. The molecular weight excluding hydrogens is 408 g/mol. The van der Waals surface area contributed by atoms with Crippen LogP contribution in [-0.2, 0) is 9.63 Å². The Balaban J connectivity index is 1.62. The van der Waals surface area contributed by atoms with Crippen LogP contribution < -0.4 is 0 Å². The van der Waals surface area contributed by atoms with E-state index >= 15 is 0 Å². The average Bonchev–Trinajstić information content (AvgIpc) is 2.99. The molecule has 3 saturated carbocycles. The lowest BCUT2D eigenvalue weighted by Crippen LogP contribution is -2.60. The molecule has 32 heavy (non-hydrogen) atoms. The third-order valence-corrected chi connectivity index (χ3v) is 9.46. The van der Waals surface area contributed by atoms with E-state index < -0.39 is 28.6 Å². The summed E-state index contributed by atoms with van der Waals surface area (Å²) in [4.78, 5) is 20.8. The summed E-state index contributed by atoms with van der Waals surface area (Å²) in [5.41, 5.74) is -0.158. The zero-order chi connectivity index (χ0) is 23.5. The van der Waals surface area contributed by atoms with Crippen molar-refractivity contribution in [3.05, 3.63) is 11.6 Å². The highest BCUT2D eigenvalue weighted by atomic mass is 16.6. The highest BCUT2D eigenvalue weighted by molar-refractivity contribution is 5.95. The molecular formula is C25H40N2O5. The summed E-state index contributed by atoms with van der Waals surface area (Å²) in [5.74, 6) is -0.178. The summed E-state index contributed by atoms with van der Waals surface area (Å²) in [6.07, 6.45) is 3.80. The third kappa shape index (κ3) is 3.47. The van der Waals surface area contributed by atoms with Gasteiger partial charge in [-0.1, -0.05) is 19.0 Å². The highest BCUT2D eigenvalue weighted by Crippen LogP contribution is 2.67. The molecule has 7 nitrogen and oxygen atoms in total. The van der Waals surface area contributed by atoms with Gasteiger partial charge in [0.05, 0.1) is 23.5 Å². The molecule has 3 fully saturated rings. The smallest absolute Gasteiger partial charge is 0.159 e. The van der Waals surface area contributed by atoms with Gasteiger partial charge in [0.2, 0.25) is 0 Å². The van der Waals surface area contributed by atoms with E-state index in [2.05, 4.69) is 19.0 Å². The van der Waals surface area contributed by atoms with E-state index in [0.29, 0.717) is 25.9 Å². The Bertz CT molecular complexity index is 825. The van der Waals surface area contributed by atoms with Gasteiger partial charge in [0.15, 0.2) is 5.78 Å². The van der Waals surface area contributed by atoms with Gasteiger partial charge in [-0.3, -0.25) is 4.79 Å². The highest BCUT2D eigenvalue weighted by Gasteiger charge is 2.66. The molecule has 0 aromatic heterocycles. The number of allylic oxidation sites excluding steroid dienone is 1. The number of fused-ring (bicyclic) bond motifs is 5. The van der Waals surface area contributed by atoms with E-state index in [-0.39, 0.29) is 23.5 Å². The normalized spacial score (nSPS) is 46.4. The number of aliphatic hydroxyl groups is 3. The molecule has 4 rings (SSSR count). The Hall–Kier alpha value is -1.28. The largest absolute Gasteiger partial charge is 0.394 e. The van der Waals surface area contributed by atoms with Crippen LogP contribution in [0.2, 0.25) is 0 Å². The Kier molecular flexibility index (Phi) is 6.11. The number of carbonyl (C=O) groups is 1. The first-order valence-electron chi connectivity index (χ1n) is 12.1. The second kappa shape index (κ2) is 8.19. The number of ketones is 1. The van der Waals surface area contributed by atoms with Gasteiger partial charge < -0.3 is 25.1 Å². The lowest BCUT2D eigenvalue weighted by molar-refractivity contribution is -0.151. The first-order valence-corrected chi connectivity index (χ1v) is 12.1. The van der Waals surface area contributed by atoms with Crippen LogP contribution in [-0.4, -0.2) is 76.8 Å². The molecule has 0 aliphatic heterocycles. The number of hydrogen-bond acceptors (Lipinski definition) is 7. The zero-order valence-corrected chi connectivity index (χ0v) is 20.2. The minimum absolute atomic E-state index is 0.0109. The van der Waals surface area contributed by atoms with E-state index in [1.165, 1.54) is 0 Å². The fraction of sp³-hybridized carbons (Fsp3) is 0.840. The fourth-order valence-electron chi connectivity index (χ4n) is 7.47. The molecule has 0 heterocycles. The van der Waals surface area contributed by atoms with Crippen molar-refractivity contribution >= 4 is 11.5 Å². The predicted octanol–water partition coefficient (Wildman–Crippen LogP) is 2.15. The van der Waals surface area contributed by atoms with E-state index in [9.17, 15) is 20.1 Å². The van der Waals surface area contributed by atoms with Crippen molar-refractivity contribution in [2.75, 3.05) is 27.2 Å². The summed E-state index contributed by atoms with van der Waals surface area (Å²) in [7, 11) is 3.99. The van der Waals surface area contributed by atoms with Crippen molar-refractivity contribution in [1.29, 1.82) is 0 Å². The van der Waals surface area contributed by atoms with Crippen molar-refractivity contribution in [2.45, 2.75) is 77.1 Å². The van der Waals surface area contributed by atoms with Crippen LogP contribution in [0.4, 0.5) is 0 Å². The molecule has 0 bridgehead atoms. The van der Waals surface area contributed by atoms with Gasteiger partial charge >= 0.3 is 0 Å². The number of hydrogen-bond donors (Lipinski definition) is 3. The van der Waals surface area contributed by atoms with Crippen LogP contribution in [0.15, 0.2) is 16.8 Å². The quantitative estimate of drug-likeness (QED) is 0.338. The summed E-state index contributed by atoms with van der Waals surface area (Å²) < 4.78 is 0. The Morgan fingerprint density at radius 2 is 1.91 bits per heavy atom. The SMILES string of the molecule is C/C(=N/OCCN(C)C)[C@H]1CC[C@@]2(O)C3=CC(=O)[C@@H]4C[C@@H](O)[C@@H](O)C[C@]4(C)C3CC[C@]12C.